The number of aromatic amines is 1. The number of hydrogen-bond donors (Lipinski definition) is 1. The molecular weight excluding hydrogens is 324 g/mol. The lowest BCUT2D eigenvalue weighted by Crippen LogP contribution is -2.36. The van der Waals surface area contributed by atoms with Crippen LogP contribution in [0.2, 0.25) is 0 Å². The van der Waals surface area contributed by atoms with Crippen molar-refractivity contribution in [1.29, 1.82) is 0 Å². The predicted molar refractivity (Wildman–Crippen MR) is 106 cm³/mol. The smallest absolute Gasteiger partial charge is 0.196 e. The van der Waals surface area contributed by atoms with Crippen molar-refractivity contribution in [2.45, 2.75) is 60.0 Å². The van der Waals surface area contributed by atoms with Crippen LogP contribution in [0.3, 0.4) is 0 Å². The van der Waals surface area contributed by atoms with Gasteiger partial charge in [0, 0.05) is 17.8 Å². The van der Waals surface area contributed by atoms with Crippen molar-refractivity contribution < 1.29 is 9.59 Å². The van der Waals surface area contributed by atoms with E-state index in [1.165, 1.54) is 18.1 Å². The van der Waals surface area contributed by atoms with Crippen molar-refractivity contribution in [2.75, 3.05) is 7.05 Å². The molecule has 1 atom stereocenters. The summed E-state index contributed by atoms with van der Waals surface area (Å²) in [5, 5.41) is 0. The molecule has 0 radical (unpaired) electrons. The molecule has 0 bridgehead atoms. The fourth-order valence-electron chi connectivity index (χ4n) is 3.37. The minimum atomic E-state index is -0.281. The highest BCUT2D eigenvalue weighted by Crippen LogP contribution is 2.21. The van der Waals surface area contributed by atoms with E-state index < -0.39 is 0 Å². The molecule has 0 aliphatic rings. The average molecular weight is 354 g/mol. The van der Waals surface area contributed by atoms with Crippen LogP contribution < -0.4 is 0 Å². The first-order chi connectivity index (χ1) is 12.1. The number of H-pyrrole nitrogens is 1. The Kier molecular flexibility index (Phi) is 6.19. The van der Waals surface area contributed by atoms with E-state index in [-0.39, 0.29) is 17.6 Å². The largest absolute Gasteiger partial charge is 0.355 e. The van der Waals surface area contributed by atoms with Gasteiger partial charge in [0.25, 0.3) is 0 Å². The number of aryl methyl sites for hydroxylation is 1. The first-order valence-corrected chi connectivity index (χ1v) is 9.16. The summed E-state index contributed by atoms with van der Waals surface area (Å²) >= 11 is 0. The van der Waals surface area contributed by atoms with Crippen molar-refractivity contribution in [3.05, 3.63) is 57.9 Å². The van der Waals surface area contributed by atoms with E-state index in [1.807, 2.05) is 32.7 Å². The van der Waals surface area contributed by atoms with E-state index in [9.17, 15) is 9.59 Å². The standard InChI is InChI=1S/C22H30N2O2/c1-13(2)19-10-8-18(9-11-19)12-24(7)16(5)22(26)21-14(3)20(17(6)25)15(4)23-21/h8-11,13,16,23H,12H2,1-7H3/t16-/m0/s1. The Bertz CT molecular complexity index is 800. The van der Waals surface area contributed by atoms with E-state index in [0.717, 1.165) is 11.3 Å². The number of carbonyl (C=O) groups excluding carboxylic acids is 2. The Hall–Kier alpha value is -2.20. The Balaban J connectivity index is 2.15. The maximum absolute atomic E-state index is 12.9. The number of hydrogen-bond acceptors (Lipinski definition) is 3. The predicted octanol–water partition coefficient (Wildman–Crippen LogP) is 4.66. The second-order valence-corrected chi connectivity index (χ2v) is 7.53. The van der Waals surface area contributed by atoms with Crippen LogP contribution in [0.5, 0.6) is 0 Å². The first-order valence-electron chi connectivity index (χ1n) is 9.16. The zero-order valence-corrected chi connectivity index (χ0v) is 16.9. The lowest BCUT2D eigenvalue weighted by Gasteiger charge is -2.23. The highest BCUT2D eigenvalue weighted by atomic mass is 16.1. The summed E-state index contributed by atoms with van der Waals surface area (Å²) < 4.78 is 0. The van der Waals surface area contributed by atoms with Crippen LogP contribution in [0.15, 0.2) is 24.3 Å². The molecule has 1 heterocycles. The van der Waals surface area contributed by atoms with Gasteiger partial charge in [0.1, 0.15) is 0 Å². The van der Waals surface area contributed by atoms with Gasteiger partial charge in [0.2, 0.25) is 0 Å². The van der Waals surface area contributed by atoms with Gasteiger partial charge in [-0.15, -0.1) is 0 Å². The number of carbonyl (C=O) groups is 2. The summed E-state index contributed by atoms with van der Waals surface area (Å²) in [6.07, 6.45) is 0. The highest BCUT2D eigenvalue weighted by Gasteiger charge is 2.25. The van der Waals surface area contributed by atoms with Crippen molar-refractivity contribution >= 4 is 11.6 Å². The number of Topliss-reactive ketones (excluding diaryl/α,β-unsaturated/α-hetero) is 2. The molecule has 1 N–H and O–H groups in total. The molecule has 0 spiro atoms. The van der Waals surface area contributed by atoms with Crippen LogP contribution in [0.1, 0.15) is 76.8 Å². The molecule has 140 valence electrons. The summed E-state index contributed by atoms with van der Waals surface area (Å²) in [4.78, 5) is 29.9. The molecule has 0 unspecified atom stereocenters. The molecule has 0 fully saturated rings. The molecule has 0 aliphatic carbocycles. The second kappa shape index (κ2) is 8.00. The van der Waals surface area contributed by atoms with Crippen LogP contribution in [0.4, 0.5) is 0 Å². The Morgan fingerprint density at radius 1 is 1.08 bits per heavy atom. The van der Waals surface area contributed by atoms with Crippen LogP contribution >= 0.6 is 0 Å². The number of nitrogens with zero attached hydrogens (tertiary/aromatic N) is 1. The minimum absolute atomic E-state index is 0.0125. The summed E-state index contributed by atoms with van der Waals surface area (Å²) in [7, 11) is 1.95. The molecule has 1 aromatic carbocycles. The molecule has 2 rings (SSSR count). The first kappa shape index (κ1) is 20.1. The van der Waals surface area contributed by atoms with Gasteiger partial charge >= 0.3 is 0 Å². The Labute approximate surface area is 156 Å². The number of benzene rings is 1. The molecule has 4 nitrogen and oxygen atoms in total. The second-order valence-electron chi connectivity index (χ2n) is 7.53. The summed E-state index contributed by atoms with van der Waals surface area (Å²) in [6.45, 7) is 12.2. The van der Waals surface area contributed by atoms with Gasteiger partial charge in [-0.05, 0) is 57.4 Å². The van der Waals surface area contributed by atoms with E-state index in [2.05, 4.69) is 43.1 Å². The van der Waals surface area contributed by atoms with Crippen LogP contribution in [-0.4, -0.2) is 34.5 Å². The van der Waals surface area contributed by atoms with Gasteiger partial charge in [0.15, 0.2) is 11.6 Å². The van der Waals surface area contributed by atoms with Gasteiger partial charge in [-0.1, -0.05) is 38.1 Å². The lowest BCUT2D eigenvalue weighted by molar-refractivity contribution is 0.0856. The van der Waals surface area contributed by atoms with Gasteiger partial charge in [0.05, 0.1) is 11.7 Å². The summed E-state index contributed by atoms with van der Waals surface area (Å²) in [5.74, 6) is 0.512. The van der Waals surface area contributed by atoms with Crippen molar-refractivity contribution in [1.82, 2.24) is 9.88 Å². The highest BCUT2D eigenvalue weighted by molar-refractivity contribution is 6.05. The zero-order valence-electron chi connectivity index (χ0n) is 16.9. The SMILES string of the molecule is CC(=O)c1c(C)[nH]c(C(=O)[C@H](C)N(C)Cc2ccc(C(C)C)cc2)c1C. The minimum Gasteiger partial charge on any atom is -0.355 e. The van der Waals surface area contributed by atoms with Crippen molar-refractivity contribution in [3.8, 4) is 0 Å². The number of likely N-dealkylation sites (N-methyl/N-ethyl adjacent to an activating group) is 1. The molecule has 26 heavy (non-hydrogen) atoms. The fourth-order valence-corrected chi connectivity index (χ4v) is 3.37. The van der Waals surface area contributed by atoms with Crippen LogP contribution in [0, 0.1) is 13.8 Å². The Morgan fingerprint density at radius 2 is 1.65 bits per heavy atom. The van der Waals surface area contributed by atoms with Crippen molar-refractivity contribution in [2.24, 2.45) is 0 Å². The van der Waals surface area contributed by atoms with E-state index in [1.54, 1.807) is 0 Å². The van der Waals surface area contributed by atoms with E-state index >= 15 is 0 Å². The maximum atomic E-state index is 12.9. The molecule has 0 saturated carbocycles. The zero-order chi connectivity index (χ0) is 19.6. The van der Waals surface area contributed by atoms with Gasteiger partial charge in [-0.2, -0.15) is 0 Å². The monoisotopic (exact) mass is 354 g/mol. The van der Waals surface area contributed by atoms with Crippen LogP contribution in [-0.2, 0) is 6.54 Å². The number of aromatic nitrogens is 1. The Morgan fingerprint density at radius 3 is 2.12 bits per heavy atom. The quantitative estimate of drug-likeness (QED) is 0.736. The molecule has 0 saturated heterocycles. The topological polar surface area (TPSA) is 53.2 Å². The van der Waals surface area contributed by atoms with E-state index in [0.29, 0.717) is 23.7 Å². The van der Waals surface area contributed by atoms with E-state index in [4.69, 9.17) is 0 Å². The number of nitrogens with one attached hydrogen (secondary N) is 1. The van der Waals surface area contributed by atoms with Gasteiger partial charge in [-0.3, -0.25) is 14.5 Å². The molecular formula is C22H30N2O2. The summed E-state index contributed by atoms with van der Waals surface area (Å²) in [6, 6.07) is 8.27. The number of ketones is 2. The van der Waals surface area contributed by atoms with Crippen LogP contribution in [0.25, 0.3) is 0 Å². The summed E-state index contributed by atoms with van der Waals surface area (Å²) in [5.41, 5.74) is 5.18. The maximum Gasteiger partial charge on any atom is 0.196 e. The average Bonchev–Trinajstić information content (AvgIpc) is 2.88. The van der Waals surface area contributed by atoms with Gasteiger partial charge < -0.3 is 4.98 Å². The number of rotatable bonds is 7. The molecule has 0 amide bonds. The molecule has 0 aliphatic heterocycles. The fraction of sp³-hybridized carbons (Fsp3) is 0.455. The molecule has 1 aromatic heterocycles. The molecule has 4 heteroatoms. The molecule has 2 aromatic rings. The lowest BCUT2D eigenvalue weighted by atomic mass is 10.0. The van der Waals surface area contributed by atoms with Gasteiger partial charge in [-0.25, -0.2) is 0 Å². The third-order valence-corrected chi connectivity index (χ3v) is 5.15. The van der Waals surface area contributed by atoms with Crippen molar-refractivity contribution in [3.63, 3.8) is 0 Å². The third-order valence-electron chi connectivity index (χ3n) is 5.15. The normalized spacial score (nSPS) is 12.7. The third kappa shape index (κ3) is 4.13.